The van der Waals surface area contributed by atoms with Gasteiger partial charge in [0.2, 0.25) is 0 Å². The second-order valence-corrected chi connectivity index (χ2v) is 14.4. The van der Waals surface area contributed by atoms with Crippen molar-refractivity contribution in [1.82, 2.24) is 0 Å². The molecule has 0 heterocycles. The van der Waals surface area contributed by atoms with Crippen LogP contribution in [0, 0.1) is 56.7 Å². The van der Waals surface area contributed by atoms with E-state index in [9.17, 15) is 10.2 Å². The molecule has 0 saturated heterocycles. The van der Waals surface area contributed by atoms with Crippen LogP contribution in [0.15, 0.2) is 24.3 Å². The third-order valence-corrected chi connectivity index (χ3v) is 13.7. The van der Waals surface area contributed by atoms with Crippen molar-refractivity contribution in [2.24, 2.45) is 56.7 Å². The molecule has 5 fully saturated rings. The summed E-state index contributed by atoms with van der Waals surface area (Å²) in [5.41, 5.74) is 3.60. The summed E-state index contributed by atoms with van der Waals surface area (Å²) in [5.74, 6) is 3.16. The second-order valence-electron chi connectivity index (χ2n) is 14.4. The summed E-state index contributed by atoms with van der Waals surface area (Å²) in [7, 11) is 0. The van der Waals surface area contributed by atoms with E-state index in [1.54, 1.807) is 0 Å². The summed E-state index contributed by atoms with van der Waals surface area (Å²) in [5, 5.41) is 21.2. The van der Waals surface area contributed by atoms with Gasteiger partial charge in [0, 0.05) is 12.0 Å². The minimum atomic E-state index is -0.124. The van der Waals surface area contributed by atoms with Crippen LogP contribution in [-0.2, 0) is 0 Å². The van der Waals surface area contributed by atoms with Gasteiger partial charge in [-0.3, -0.25) is 0 Å². The third-order valence-electron chi connectivity index (χ3n) is 13.7. The zero-order chi connectivity index (χ0) is 24.0. The molecule has 5 saturated carbocycles. The molecule has 0 bridgehead atoms. The normalized spacial score (nSPS) is 55.8. The predicted octanol–water partition coefficient (Wildman–Crippen LogP) is 7.16. The number of hydrogen-bond donors (Lipinski definition) is 2. The van der Waals surface area contributed by atoms with Gasteiger partial charge in [-0.2, -0.15) is 0 Å². The van der Waals surface area contributed by atoms with Crippen molar-refractivity contribution in [2.75, 3.05) is 13.2 Å². The first-order valence-corrected chi connectivity index (χ1v) is 14.0. The molecule has 2 N–H and O–H groups in total. The molecular formula is C31H50O2. The molecule has 0 aromatic carbocycles. The lowest BCUT2D eigenvalue weighted by Crippen LogP contribution is -2.66. The minimum absolute atomic E-state index is 0.124. The number of hydrogen-bond acceptors (Lipinski definition) is 2. The van der Waals surface area contributed by atoms with Crippen molar-refractivity contribution in [1.29, 1.82) is 0 Å². The maximum atomic E-state index is 10.7. The highest BCUT2D eigenvalue weighted by molar-refractivity contribution is 5.25. The average molecular weight is 455 g/mol. The van der Waals surface area contributed by atoms with Crippen LogP contribution in [0.5, 0.6) is 0 Å². The van der Waals surface area contributed by atoms with Gasteiger partial charge in [-0.25, -0.2) is 0 Å². The summed E-state index contributed by atoms with van der Waals surface area (Å²) < 4.78 is 0. The van der Waals surface area contributed by atoms with Gasteiger partial charge in [0.1, 0.15) is 0 Å². The molecule has 5 rings (SSSR count). The highest BCUT2D eigenvalue weighted by Crippen LogP contribution is 2.77. The van der Waals surface area contributed by atoms with Crippen molar-refractivity contribution in [3.8, 4) is 0 Å². The van der Waals surface area contributed by atoms with Gasteiger partial charge in [0.25, 0.3) is 0 Å². The molecule has 0 aromatic rings. The monoisotopic (exact) mass is 454 g/mol. The van der Waals surface area contributed by atoms with Crippen molar-refractivity contribution in [3.05, 3.63) is 24.3 Å². The maximum Gasteiger partial charge on any atom is 0.0524 e. The Morgan fingerprint density at radius 1 is 0.848 bits per heavy atom. The fourth-order valence-corrected chi connectivity index (χ4v) is 11.5. The molecule has 186 valence electrons. The minimum Gasteiger partial charge on any atom is -0.396 e. The standard InChI is InChI=1S/C31H50O2/c1-20(2)22-11-15-31(19-33)17-16-29(6)23(26(22)31)8-9-25-27(4)13-10-21(3)28(5,18-32)24(27)12-14-30(25,29)7/h22-26,32-33H,1,3,8-19H2,2,4-7H3. The van der Waals surface area contributed by atoms with Crippen LogP contribution < -0.4 is 0 Å². The highest BCUT2D eigenvalue weighted by Gasteiger charge is 2.70. The zero-order valence-corrected chi connectivity index (χ0v) is 22.2. The molecule has 5 aliphatic rings. The van der Waals surface area contributed by atoms with Crippen molar-refractivity contribution in [2.45, 2.75) is 98.8 Å². The van der Waals surface area contributed by atoms with Crippen LogP contribution in [0.3, 0.4) is 0 Å². The van der Waals surface area contributed by atoms with Crippen molar-refractivity contribution >= 4 is 0 Å². The van der Waals surface area contributed by atoms with Crippen molar-refractivity contribution in [3.63, 3.8) is 0 Å². The smallest absolute Gasteiger partial charge is 0.0524 e. The lowest BCUT2D eigenvalue weighted by molar-refractivity contribution is -0.236. The highest BCUT2D eigenvalue weighted by atomic mass is 16.3. The zero-order valence-electron chi connectivity index (χ0n) is 22.2. The molecule has 5 aliphatic carbocycles. The topological polar surface area (TPSA) is 40.5 Å². The molecule has 0 aliphatic heterocycles. The molecule has 0 spiro atoms. The van der Waals surface area contributed by atoms with Crippen LogP contribution in [0.2, 0.25) is 0 Å². The van der Waals surface area contributed by atoms with E-state index in [1.807, 2.05) is 0 Å². The van der Waals surface area contributed by atoms with Gasteiger partial charge < -0.3 is 10.2 Å². The molecule has 0 aromatic heterocycles. The fraction of sp³-hybridized carbons (Fsp3) is 0.871. The van der Waals surface area contributed by atoms with Gasteiger partial charge in [-0.1, -0.05) is 52.0 Å². The Morgan fingerprint density at radius 3 is 2.21 bits per heavy atom. The third kappa shape index (κ3) is 2.80. The Kier molecular flexibility index (Phi) is 5.44. The van der Waals surface area contributed by atoms with Crippen LogP contribution in [0.4, 0.5) is 0 Å². The van der Waals surface area contributed by atoms with E-state index in [-0.39, 0.29) is 22.9 Å². The average Bonchev–Trinajstić information content (AvgIpc) is 3.17. The molecule has 33 heavy (non-hydrogen) atoms. The van der Waals surface area contributed by atoms with E-state index < -0.39 is 0 Å². The van der Waals surface area contributed by atoms with Gasteiger partial charge in [0.15, 0.2) is 0 Å². The molecule has 10 unspecified atom stereocenters. The molecule has 10 atom stereocenters. The summed E-state index contributed by atoms with van der Waals surface area (Å²) >= 11 is 0. The summed E-state index contributed by atoms with van der Waals surface area (Å²) in [6.45, 7) is 22.0. The number of rotatable bonds is 3. The molecule has 0 radical (unpaired) electrons. The van der Waals surface area contributed by atoms with Crippen LogP contribution in [-0.4, -0.2) is 23.4 Å². The van der Waals surface area contributed by atoms with Gasteiger partial charge >= 0.3 is 0 Å². The summed E-state index contributed by atoms with van der Waals surface area (Å²) in [6, 6.07) is 0. The number of fused-ring (bicyclic) bond motifs is 7. The van der Waals surface area contributed by atoms with Gasteiger partial charge in [-0.05, 0) is 122 Å². The summed E-state index contributed by atoms with van der Waals surface area (Å²) in [4.78, 5) is 0. The van der Waals surface area contributed by atoms with E-state index >= 15 is 0 Å². The number of aliphatic hydroxyl groups is 2. The van der Waals surface area contributed by atoms with Crippen LogP contribution >= 0.6 is 0 Å². The Balaban J connectivity index is 1.55. The van der Waals surface area contributed by atoms with E-state index in [4.69, 9.17) is 0 Å². The molecule has 0 amide bonds. The molecule has 2 nitrogen and oxygen atoms in total. The quantitative estimate of drug-likeness (QED) is 0.444. The van der Waals surface area contributed by atoms with Gasteiger partial charge in [-0.15, -0.1) is 0 Å². The Hall–Kier alpha value is -0.600. The number of aliphatic hydroxyl groups excluding tert-OH is 2. The van der Waals surface area contributed by atoms with E-state index in [1.165, 1.54) is 68.9 Å². The Morgan fingerprint density at radius 2 is 1.58 bits per heavy atom. The van der Waals surface area contributed by atoms with E-state index in [2.05, 4.69) is 47.8 Å². The van der Waals surface area contributed by atoms with Crippen LogP contribution in [0.25, 0.3) is 0 Å². The van der Waals surface area contributed by atoms with E-state index in [0.29, 0.717) is 41.1 Å². The lowest BCUT2D eigenvalue weighted by Gasteiger charge is -2.72. The number of allylic oxidation sites excluding steroid dienone is 1. The first-order valence-electron chi connectivity index (χ1n) is 14.0. The largest absolute Gasteiger partial charge is 0.396 e. The first-order chi connectivity index (χ1) is 15.4. The molecular weight excluding hydrogens is 404 g/mol. The SMILES string of the molecule is C=C(C)C1CCC2(CO)CCC3(C)C(CCC4C5(C)CCC(=C)C(C)(CO)C5CCC43C)C12. The van der Waals surface area contributed by atoms with Crippen molar-refractivity contribution < 1.29 is 10.2 Å². The van der Waals surface area contributed by atoms with Crippen LogP contribution in [0.1, 0.15) is 98.8 Å². The summed E-state index contributed by atoms with van der Waals surface area (Å²) in [6.07, 6.45) is 12.3. The fourth-order valence-electron chi connectivity index (χ4n) is 11.5. The second kappa shape index (κ2) is 7.45. The van der Waals surface area contributed by atoms with E-state index in [0.717, 1.165) is 12.3 Å². The first kappa shape index (κ1) is 24.1. The Labute approximate surface area is 203 Å². The van der Waals surface area contributed by atoms with Gasteiger partial charge in [0.05, 0.1) is 6.61 Å². The maximum absolute atomic E-state index is 10.7. The predicted molar refractivity (Wildman–Crippen MR) is 137 cm³/mol. The molecule has 2 heteroatoms. The Bertz CT molecular complexity index is 846. The lowest BCUT2D eigenvalue weighted by atomic mass is 9.32.